The normalized spacial score (nSPS) is 19.4. The van der Waals surface area contributed by atoms with E-state index >= 15 is 0 Å². The molecule has 2 aliphatic heterocycles. The summed E-state index contributed by atoms with van der Waals surface area (Å²) in [7, 11) is 0. The van der Waals surface area contributed by atoms with Crippen LogP contribution in [0.2, 0.25) is 5.02 Å². The summed E-state index contributed by atoms with van der Waals surface area (Å²) in [6.45, 7) is 5.96. The lowest BCUT2D eigenvalue weighted by molar-refractivity contribution is 0.481. The predicted octanol–water partition coefficient (Wildman–Crippen LogP) is 5.38. The van der Waals surface area contributed by atoms with Crippen LogP contribution in [0.15, 0.2) is 30.3 Å². The first-order chi connectivity index (χ1) is 15.6. The molecular weight excluding hydrogens is 440 g/mol. The highest BCUT2D eigenvalue weighted by Gasteiger charge is 2.23. The maximum absolute atomic E-state index is 6.27. The molecule has 3 heterocycles. The van der Waals surface area contributed by atoms with Gasteiger partial charge in [0.15, 0.2) is 5.11 Å². The van der Waals surface area contributed by atoms with Crippen LogP contribution in [0.4, 0.5) is 17.6 Å². The Hall–Kier alpha value is -2.12. The summed E-state index contributed by atoms with van der Waals surface area (Å²) in [6, 6.07) is 10.4. The monoisotopic (exact) mass is 472 g/mol. The lowest BCUT2D eigenvalue weighted by Crippen LogP contribution is -2.38. The molecule has 8 heteroatoms. The molecule has 4 rings (SSSR count). The molecule has 32 heavy (non-hydrogen) atoms. The summed E-state index contributed by atoms with van der Waals surface area (Å²) in [5.41, 5.74) is 1.00. The van der Waals surface area contributed by atoms with Gasteiger partial charge in [0.1, 0.15) is 11.6 Å². The average Bonchev–Trinajstić information content (AvgIpc) is 3.08. The lowest BCUT2D eigenvalue weighted by atomic mass is 10.0. The first-order valence-corrected chi connectivity index (χ1v) is 12.6. The fourth-order valence-electron chi connectivity index (χ4n) is 4.49. The van der Waals surface area contributed by atoms with Gasteiger partial charge in [0.25, 0.3) is 0 Å². The van der Waals surface area contributed by atoms with Gasteiger partial charge in [-0.2, -0.15) is 9.97 Å². The van der Waals surface area contributed by atoms with Crippen molar-refractivity contribution in [1.29, 1.82) is 0 Å². The molecule has 2 aliphatic rings. The molecule has 2 saturated heterocycles. The second-order valence-electron chi connectivity index (χ2n) is 8.75. The molecule has 1 atom stereocenters. The number of nitrogens with zero attached hydrogens (tertiary/aromatic N) is 4. The van der Waals surface area contributed by atoms with Crippen LogP contribution >= 0.6 is 23.8 Å². The third-order valence-electron chi connectivity index (χ3n) is 6.35. The number of piperidine rings is 1. The number of anilines is 3. The maximum atomic E-state index is 6.27. The van der Waals surface area contributed by atoms with Crippen molar-refractivity contribution < 1.29 is 0 Å². The summed E-state index contributed by atoms with van der Waals surface area (Å²) in [5.74, 6) is 2.53. The number of hydrogen-bond donors (Lipinski definition) is 2. The van der Waals surface area contributed by atoms with Crippen molar-refractivity contribution in [2.75, 3.05) is 34.8 Å². The molecular formula is C24H33ClN6S. The number of rotatable bonds is 5. The van der Waals surface area contributed by atoms with Gasteiger partial charge < -0.3 is 20.4 Å². The smallest absolute Gasteiger partial charge is 0.232 e. The quantitative estimate of drug-likeness (QED) is 0.567. The molecule has 172 valence electrons. The molecule has 0 aliphatic carbocycles. The van der Waals surface area contributed by atoms with E-state index in [-0.39, 0.29) is 0 Å². The van der Waals surface area contributed by atoms with Crippen LogP contribution in [0, 0.1) is 0 Å². The van der Waals surface area contributed by atoms with Gasteiger partial charge >= 0.3 is 0 Å². The molecule has 0 spiro atoms. The van der Waals surface area contributed by atoms with Crippen molar-refractivity contribution in [3.63, 3.8) is 0 Å². The second-order valence-corrected chi connectivity index (χ2v) is 9.56. The Kier molecular flexibility index (Phi) is 8.03. The zero-order valence-electron chi connectivity index (χ0n) is 18.8. The Balaban J connectivity index is 1.52. The molecule has 0 radical (unpaired) electrons. The van der Waals surface area contributed by atoms with E-state index in [4.69, 9.17) is 33.8 Å². The van der Waals surface area contributed by atoms with Gasteiger partial charge in [-0.05, 0) is 62.9 Å². The van der Waals surface area contributed by atoms with Crippen LogP contribution in [0.3, 0.4) is 0 Å². The fraction of sp³-hybridized carbons (Fsp3) is 0.542. The number of benzene rings is 1. The molecule has 1 unspecified atom stereocenters. The van der Waals surface area contributed by atoms with Crippen molar-refractivity contribution in [3.8, 4) is 0 Å². The van der Waals surface area contributed by atoms with E-state index < -0.39 is 0 Å². The van der Waals surface area contributed by atoms with E-state index in [0.717, 1.165) is 41.9 Å². The van der Waals surface area contributed by atoms with E-state index in [1.54, 1.807) is 0 Å². The molecule has 0 saturated carbocycles. The molecule has 1 aromatic carbocycles. The minimum atomic E-state index is 0.480. The van der Waals surface area contributed by atoms with Crippen LogP contribution in [-0.4, -0.2) is 40.8 Å². The number of hydrogen-bond acceptors (Lipinski definition) is 5. The van der Waals surface area contributed by atoms with Crippen molar-refractivity contribution >= 4 is 46.5 Å². The van der Waals surface area contributed by atoms with Gasteiger partial charge in [0.2, 0.25) is 5.95 Å². The minimum absolute atomic E-state index is 0.480. The van der Waals surface area contributed by atoms with Gasteiger partial charge in [0, 0.05) is 43.3 Å². The largest absolute Gasteiger partial charge is 0.358 e. The van der Waals surface area contributed by atoms with Crippen molar-refractivity contribution in [1.82, 2.24) is 15.3 Å². The molecule has 0 amide bonds. The van der Waals surface area contributed by atoms with E-state index in [1.165, 1.54) is 44.9 Å². The zero-order chi connectivity index (χ0) is 22.3. The van der Waals surface area contributed by atoms with Crippen molar-refractivity contribution in [3.05, 3.63) is 40.9 Å². The molecule has 1 aromatic heterocycles. The Bertz CT molecular complexity index is 915. The van der Waals surface area contributed by atoms with Crippen LogP contribution in [-0.2, 0) is 6.54 Å². The van der Waals surface area contributed by atoms with Gasteiger partial charge in [-0.1, -0.05) is 42.6 Å². The van der Waals surface area contributed by atoms with Gasteiger partial charge in [-0.15, -0.1) is 0 Å². The Morgan fingerprint density at radius 3 is 2.50 bits per heavy atom. The molecule has 6 nitrogen and oxygen atoms in total. The highest BCUT2D eigenvalue weighted by molar-refractivity contribution is 7.80. The maximum Gasteiger partial charge on any atom is 0.232 e. The van der Waals surface area contributed by atoms with Crippen LogP contribution in [0.25, 0.3) is 0 Å². The van der Waals surface area contributed by atoms with E-state index in [9.17, 15) is 0 Å². The highest BCUT2D eigenvalue weighted by Crippen LogP contribution is 2.28. The molecule has 2 fully saturated rings. The zero-order valence-corrected chi connectivity index (χ0v) is 20.4. The number of aromatic nitrogens is 2. The van der Waals surface area contributed by atoms with Gasteiger partial charge in [0.05, 0.1) is 0 Å². The molecule has 2 aromatic rings. The molecule has 0 bridgehead atoms. The SMILES string of the molecule is CC1CCCCN1c1cc(N2CCCCCC2)nc(NC(=S)NCc2ccccc2Cl)n1. The fourth-order valence-corrected chi connectivity index (χ4v) is 4.85. The first-order valence-electron chi connectivity index (χ1n) is 11.8. The van der Waals surface area contributed by atoms with E-state index in [2.05, 4.69) is 33.4 Å². The summed E-state index contributed by atoms with van der Waals surface area (Å²) in [6.07, 6.45) is 8.68. The summed E-state index contributed by atoms with van der Waals surface area (Å²) >= 11 is 11.8. The summed E-state index contributed by atoms with van der Waals surface area (Å²) in [4.78, 5) is 14.5. The third kappa shape index (κ3) is 6.01. The Labute approximate surface area is 201 Å². The Morgan fingerprint density at radius 1 is 1.03 bits per heavy atom. The number of halogens is 1. The van der Waals surface area contributed by atoms with Crippen LogP contribution in [0.1, 0.15) is 57.4 Å². The van der Waals surface area contributed by atoms with Crippen molar-refractivity contribution in [2.24, 2.45) is 0 Å². The van der Waals surface area contributed by atoms with Crippen molar-refractivity contribution in [2.45, 2.75) is 64.5 Å². The topological polar surface area (TPSA) is 56.3 Å². The average molecular weight is 473 g/mol. The number of thiocarbonyl (C=S) groups is 1. The standard InChI is InChI=1S/C24H33ClN6S/c1-18-10-6-9-15-31(18)22-16-21(30-13-7-2-3-8-14-30)27-23(28-22)29-24(32)26-17-19-11-4-5-12-20(19)25/h4-5,11-12,16,18H,2-3,6-10,13-15,17H2,1H3,(H2,26,27,28,29,32). The van der Waals surface area contributed by atoms with Gasteiger partial charge in [-0.25, -0.2) is 0 Å². The van der Waals surface area contributed by atoms with Crippen LogP contribution in [0.5, 0.6) is 0 Å². The number of nitrogens with one attached hydrogen (secondary N) is 2. The van der Waals surface area contributed by atoms with Crippen LogP contribution < -0.4 is 20.4 Å². The second kappa shape index (κ2) is 11.1. The molecule has 2 N–H and O–H groups in total. The predicted molar refractivity (Wildman–Crippen MR) is 138 cm³/mol. The minimum Gasteiger partial charge on any atom is -0.358 e. The lowest BCUT2D eigenvalue weighted by Gasteiger charge is -2.35. The summed E-state index contributed by atoms with van der Waals surface area (Å²) < 4.78 is 0. The third-order valence-corrected chi connectivity index (χ3v) is 6.96. The van der Waals surface area contributed by atoms with Gasteiger partial charge in [-0.3, -0.25) is 0 Å². The summed E-state index contributed by atoms with van der Waals surface area (Å²) in [5, 5.41) is 7.68. The van der Waals surface area contributed by atoms with E-state index in [1.807, 2.05) is 24.3 Å². The highest BCUT2D eigenvalue weighted by atomic mass is 35.5. The van der Waals surface area contributed by atoms with E-state index in [0.29, 0.717) is 23.6 Å². The Morgan fingerprint density at radius 2 is 1.75 bits per heavy atom. The first kappa shape index (κ1) is 23.1.